The molecule has 1 aromatic carbocycles. The van der Waals surface area contributed by atoms with Gasteiger partial charge in [0.05, 0.1) is 18.2 Å². The Balaban J connectivity index is 2.18. The number of benzene rings is 1. The molecule has 1 fully saturated rings. The van der Waals surface area contributed by atoms with Crippen molar-refractivity contribution >= 4 is 29.8 Å². The molecular formula is C22H29F3NO4PS. The average molecular weight is 492 g/mol. The minimum atomic E-state index is -4.53. The van der Waals surface area contributed by atoms with Gasteiger partial charge in [0.15, 0.2) is 6.61 Å². The molecule has 5 nitrogen and oxygen atoms in total. The molecule has 32 heavy (non-hydrogen) atoms. The molecule has 0 saturated heterocycles. The van der Waals surface area contributed by atoms with Crippen LogP contribution in [0.4, 0.5) is 13.2 Å². The Bertz CT molecular complexity index is 945. The molecule has 3 rings (SSSR count). The molecule has 1 heterocycles. The molecule has 1 amide bonds. The van der Waals surface area contributed by atoms with Crippen molar-refractivity contribution < 1.29 is 31.8 Å². The summed E-state index contributed by atoms with van der Waals surface area (Å²) in [5.41, 5.74) is 1.95. The summed E-state index contributed by atoms with van der Waals surface area (Å²) in [6.07, 6.45) is 0.102. The number of hydrogen-bond acceptors (Lipinski definition) is 5. The molecule has 178 valence electrons. The highest BCUT2D eigenvalue weighted by atomic mass is 32.5. The van der Waals surface area contributed by atoms with E-state index < -0.39 is 24.8 Å². The van der Waals surface area contributed by atoms with Crippen LogP contribution < -0.4 is 10.1 Å². The van der Waals surface area contributed by atoms with Gasteiger partial charge in [0.25, 0.3) is 5.91 Å². The first kappa shape index (κ1) is 25.1. The Morgan fingerprint density at radius 3 is 2.44 bits per heavy atom. The highest BCUT2D eigenvalue weighted by Gasteiger charge is 2.50. The molecule has 1 spiro atoms. The van der Waals surface area contributed by atoms with Crippen LogP contribution in [0.25, 0.3) is 5.57 Å². The Labute approximate surface area is 191 Å². The van der Waals surface area contributed by atoms with Gasteiger partial charge in [0.1, 0.15) is 11.5 Å². The monoisotopic (exact) mass is 491 g/mol. The van der Waals surface area contributed by atoms with Crippen molar-refractivity contribution in [3.63, 3.8) is 0 Å². The number of carbonyl (C=O) groups excluding carboxylic acids is 1. The average Bonchev–Trinajstić information content (AvgIpc) is 2.95. The fourth-order valence-electron chi connectivity index (χ4n) is 4.48. The fourth-order valence-corrected chi connectivity index (χ4v) is 5.89. The highest BCUT2D eigenvalue weighted by molar-refractivity contribution is 8.09. The molecular weight excluding hydrogens is 462 g/mol. The Kier molecular flexibility index (Phi) is 7.32. The predicted octanol–water partition coefficient (Wildman–Crippen LogP) is 5.64. The summed E-state index contributed by atoms with van der Waals surface area (Å²) in [5, 5.41) is 3.08. The molecule has 10 heteroatoms. The third-order valence-electron chi connectivity index (χ3n) is 5.85. The van der Waals surface area contributed by atoms with Crippen molar-refractivity contribution in [3.8, 4) is 5.75 Å². The van der Waals surface area contributed by atoms with E-state index in [1.54, 1.807) is 0 Å². The number of methoxy groups -OCH3 is 1. The molecule has 1 aromatic rings. The van der Waals surface area contributed by atoms with Crippen LogP contribution in [0.1, 0.15) is 55.7 Å². The van der Waals surface area contributed by atoms with Crippen molar-refractivity contribution in [1.82, 2.24) is 5.32 Å². The first-order valence-electron chi connectivity index (χ1n) is 10.6. The van der Waals surface area contributed by atoms with Gasteiger partial charge in [-0.25, -0.2) is 0 Å². The Morgan fingerprint density at radius 2 is 1.88 bits per heavy atom. The van der Waals surface area contributed by atoms with Crippen LogP contribution in [-0.2, 0) is 32.1 Å². The summed E-state index contributed by atoms with van der Waals surface area (Å²) in [7, 11) is 1.53. The highest BCUT2D eigenvalue weighted by Crippen LogP contribution is 2.55. The number of aryl methyl sites for hydroxylation is 2. The molecule has 1 atom stereocenters. The van der Waals surface area contributed by atoms with Gasteiger partial charge in [-0.3, -0.25) is 4.79 Å². The summed E-state index contributed by atoms with van der Waals surface area (Å²) in [4.78, 5) is 13.3. The zero-order valence-corrected chi connectivity index (χ0v) is 20.4. The molecule has 1 aliphatic heterocycles. The minimum Gasteiger partial charge on any atom is -0.496 e. The van der Waals surface area contributed by atoms with E-state index in [9.17, 15) is 18.0 Å². The topological polar surface area (TPSA) is 56.8 Å². The van der Waals surface area contributed by atoms with Crippen molar-refractivity contribution in [1.29, 1.82) is 0 Å². The molecule has 0 aromatic heterocycles. The number of rotatable bonds is 7. The largest absolute Gasteiger partial charge is 0.496 e. The van der Waals surface area contributed by atoms with E-state index in [0.717, 1.165) is 30.4 Å². The van der Waals surface area contributed by atoms with Crippen LogP contribution in [0.15, 0.2) is 17.9 Å². The van der Waals surface area contributed by atoms with Crippen LogP contribution >= 0.6 is 6.49 Å². The molecule has 1 aliphatic carbocycles. The third kappa shape index (κ3) is 5.32. The molecule has 1 saturated carbocycles. The number of halogens is 3. The number of hydrogen-bond donors (Lipinski definition) is 1. The van der Waals surface area contributed by atoms with Crippen LogP contribution in [0, 0.1) is 6.92 Å². The van der Waals surface area contributed by atoms with Crippen LogP contribution in [0.5, 0.6) is 5.75 Å². The van der Waals surface area contributed by atoms with Crippen molar-refractivity contribution in [3.05, 3.63) is 34.6 Å². The van der Waals surface area contributed by atoms with E-state index in [1.165, 1.54) is 13.8 Å². The van der Waals surface area contributed by atoms with Gasteiger partial charge in [0.2, 0.25) is 6.49 Å². The van der Waals surface area contributed by atoms with Gasteiger partial charge in [-0.2, -0.15) is 13.2 Å². The van der Waals surface area contributed by atoms with E-state index in [4.69, 9.17) is 25.6 Å². The smallest absolute Gasteiger partial charge is 0.412 e. The summed E-state index contributed by atoms with van der Waals surface area (Å²) in [5.74, 6) is 0.484. The van der Waals surface area contributed by atoms with E-state index in [-0.39, 0.29) is 11.5 Å². The molecule has 0 radical (unpaired) electrons. The van der Waals surface area contributed by atoms with Gasteiger partial charge in [-0.05, 0) is 55.2 Å². The van der Waals surface area contributed by atoms with E-state index in [1.807, 2.05) is 26.0 Å². The Hall–Kier alpha value is -1.57. The lowest BCUT2D eigenvalue weighted by Crippen LogP contribution is -2.46. The standard InChI is InChI=1S/C22H29F3NO4PS/c1-5-15-11-14(2)12-16(28-3)17(15)18-19(30-31(4,32)29-13-22(23,24)25)21(26-20(18)27)9-7-6-8-10-21/h11-12H,5-10,13H2,1-4H3,(H,26,27). The van der Waals surface area contributed by atoms with Gasteiger partial charge in [0, 0.05) is 12.2 Å². The third-order valence-corrected chi connectivity index (χ3v) is 7.50. The first-order chi connectivity index (χ1) is 14.9. The maximum absolute atomic E-state index is 13.3. The molecule has 1 N–H and O–H groups in total. The van der Waals surface area contributed by atoms with Crippen molar-refractivity contribution in [2.75, 3.05) is 20.4 Å². The number of nitrogens with one attached hydrogen (secondary N) is 1. The lowest BCUT2D eigenvalue weighted by Gasteiger charge is -2.37. The first-order valence-corrected chi connectivity index (χ1v) is 13.7. The lowest BCUT2D eigenvalue weighted by atomic mass is 9.80. The zero-order valence-electron chi connectivity index (χ0n) is 18.7. The normalized spacial score (nSPS) is 20.3. The van der Waals surface area contributed by atoms with Gasteiger partial charge >= 0.3 is 6.18 Å². The fraction of sp³-hybridized carbons (Fsp3) is 0.591. The van der Waals surface area contributed by atoms with E-state index in [2.05, 4.69) is 5.32 Å². The Morgan fingerprint density at radius 1 is 1.22 bits per heavy atom. The predicted molar refractivity (Wildman–Crippen MR) is 121 cm³/mol. The SMILES string of the molecule is CCc1cc(C)cc(OC)c1C1=C(OP(C)(=S)OCC(F)(F)F)C2(CCCCC2)NC1=O. The number of ether oxygens (including phenoxy) is 1. The van der Waals surface area contributed by atoms with Crippen molar-refractivity contribution in [2.24, 2.45) is 0 Å². The van der Waals surface area contributed by atoms with E-state index >= 15 is 0 Å². The maximum atomic E-state index is 13.3. The summed E-state index contributed by atoms with van der Waals surface area (Å²) in [6, 6.07) is 3.81. The van der Waals surface area contributed by atoms with Crippen molar-refractivity contribution in [2.45, 2.75) is 64.1 Å². The molecule has 0 bridgehead atoms. The second-order valence-electron chi connectivity index (χ2n) is 8.41. The second-order valence-corrected chi connectivity index (χ2v) is 12.4. The quantitative estimate of drug-likeness (QED) is 0.500. The number of alkyl halides is 3. The number of amides is 1. The summed E-state index contributed by atoms with van der Waals surface area (Å²) in [6.45, 7) is 0.429. The lowest BCUT2D eigenvalue weighted by molar-refractivity contribution is -0.153. The maximum Gasteiger partial charge on any atom is 0.412 e. The van der Waals surface area contributed by atoms with Crippen LogP contribution in [-0.4, -0.2) is 38.0 Å². The van der Waals surface area contributed by atoms with Crippen LogP contribution in [0.2, 0.25) is 0 Å². The van der Waals surface area contributed by atoms with Gasteiger partial charge < -0.3 is 19.1 Å². The van der Waals surface area contributed by atoms with E-state index in [0.29, 0.717) is 36.3 Å². The zero-order chi connectivity index (χ0) is 23.7. The summed E-state index contributed by atoms with van der Waals surface area (Å²) < 4.78 is 55.1. The number of carbonyl (C=O) groups is 1. The summed E-state index contributed by atoms with van der Waals surface area (Å²) >= 11 is 5.35. The van der Waals surface area contributed by atoms with Gasteiger partial charge in [-0.15, -0.1) is 0 Å². The molecule has 1 unspecified atom stereocenters. The minimum absolute atomic E-state index is 0.285. The van der Waals surface area contributed by atoms with Gasteiger partial charge in [-0.1, -0.05) is 32.3 Å². The second kappa shape index (κ2) is 9.35. The van der Waals surface area contributed by atoms with Crippen LogP contribution in [0.3, 0.4) is 0 Å². The molecule has 2 aliphatic rings.